The maximum absolute atomic E-state index is 13.5. The Morgan fingerprint density at radius 1 is 0.744 bits per heavy atom. The molecule has 0 radical (unpaired) electrons. The van der Waals surface area contributed by atoms with Crippen LogP contribution in [0.2, 0.25) is 0 Å². The van der Waals surface area contributed by atoms with Gasteiger partial charge >= 0.3 is 5.97 Å². The number of benzene rings is 4. The van der Waals surface area contributed by atoms with E-state index in [1.807, 2.05) is 42.5 Å². The van der Waals surface area contributed by atoms with E-state index < -0.39 is 5.97 Å². The minimum Gasteiger partial charge on any atom is -0.457 e. The predicted molar refractivity (Wildman–Crippen MR) is 164 cm³/mol. The topological polar surface area (TPSA) is 100 Å². The molecule has 6 heteroatoms. The van der Waals surface area contributed by atoms with Crippen molar-refractivity contribution in [2.45, 2.75) is 64.9 Å². The highest BCUT2D eigenvalue weighted by Gasteiger charge is 2.28. The number of carbonyl (C=O) groups excluding carboxylic acids is 1. The Morgan fingerprint density at radius 2 is 1.28 bits per heavy atom. The van der Waals surface area contributed by atoms with E-state index in [9.17, 15) is 15.3 Å². The average molecular weight is 567 g/mol. The molecular weight excluding hydrogens is 536 g/mol. The van der Waals surface area contributed by atoms with Gasteiger partial charge in [0, 0.05) is 10.8 Å². The maximum Gasteiger partial charge on any atom is 0.340 e. The van der Waals surface area contributed by atoms with Crippen LogP contribution in [0.1, 0.15) is 80.5 Å². The highest BCUT2D eigenvalue weighted by molar-refractivity contribution is 6.08. The lowest BCUT2D eigenvalue weighted by Gasteiger charge is -2.22. The summed E-state index contributed by atoms with van der Waals surface area (Å²) in [4.78, 5) is 13.5. The van der Waals surface area contributed by atoms with Crippen LogP contribution in [0.5, 0.6) is 0 Å². The second kappa shape index (κ2) is 11.0. The molecule has 0 spiro atoms. The van der Waals surface area contributed by atoms with Gasteiger partial charge in [0.1, 0.15) is 41.0 Å². The van der Waals surface area contributed by atoms with Crippen LogP contribution in [0.15, 0.2) is 63.4 Å². The van der Waals surface area contributed by atoms with Gasteiger partial charge in [0.25, 0.3) is 0 Å². The van der Waals surface area contributed by atoms with Gasteiger partial charge in [0.2, 0.25) is 0 Å². The molecule has 0 saturated heterocycles. The highest BCUT2D eigenvalue weighted by Crippen LogP contribution is 2.40. The summed E-state index contributed by atoms with van der Waals surface area (Å²) in [5.74, 6) is -0.692. The molecule has 0 N–H and O–H groups in total. The van der Waals surface area contributed by atoms with Crippen molar-refractivity contribution in [3.63, 3.8) is 0 Å². The lowest BCUT2D eigenvalue weighted by atomic mass is 9.84. The second-order valence-electron chi connectivity index (χ2n) is 11.5. The largest absolute Gasteiger partial charge is 0.457 e. The van der Waals surface area contributed by atoms with Crippen LogP contribution in [-0.4, -0.2) is 5.97 Å². The molecule has 0 unspecified atom stereocenters. The Morgan fingerprint density at radius 3 is 1.84 bits per heavy atom. The van der Waals surface area contributed by atoms with Crippen LogP contribution in [-0.2, 0) is 37.0 Å². The molecule has 7 rings (SSSR count). The van der Waals surface area contributed by atoms with Crippen LogP contribution < -0.4 is 0 Å². The van der Waals surface area contributed by atoms with Gasteiger partial charge in [-0.1, -0.05) is 42.5 Å². The molecule has 1 heterocycles. The summed E-state index contributed by atoms with van der Waals surface area (Å²) >= 11 is 0. The van der Waals surface area contributed by atoms with Gasteiger partial charge in [0.15, 0.2) is 11.2 Å². The quantitative estimate of drug-likeness (QED) is 0.203. The van der Waals surface area contributed by atoms with Crippen molar-refractivity contribution in [1.29, 1.82) is 10.5 Å². The van der Waals surface area contributed by atoms with Gasteiger partial charge in [-0.15, -0.1) is 0 Å². The van der Waals surface area contributed by atoms with E-state index in [2.05, 4.69) is 24.3 Å². The van der Waals surface area contributed by atoms with Crippen LogP contribution in [0, 0.1) is 29.6 Å². The number of esters is 1. The predicted octanol–water partition coefficient (Wildman–Crippen LogP) is 8.62. The summed E-state index contributed by atoms with van der Waals surface area (Å²) in [7, 11) is 0. The van der Waals surface area contributed by atoms with Crippen molar-refractivity contribution in [1.82, 2.24) is 0 Å². The summed E-state index contributed by atoms with van der Waals surface area (Å²) in [5.41, 5.74) is 7.92. The Hall–Kier alpha value is -5.07. The number of aryl methyl sites for hydroxylation is 4. The van der Waals surface area contributed by atoms with E-state index in [1.54, 1.807) is 6.92 Å². The van der Waals surface area contributed by atoms with E-state index in [1.165, 1.54) is 22.3 Å². The van der Waals surface area contributed by atoms with E-state index in [-0.39, 0.29) is 34.5 Å². The minimum absolute atomic E-state index is 0.00496. The molecule has 2 aliphatic rings. The van der Waals surface area contributed by atoms with Gasteiger partial charge in [-0.2, -0.15) is 10.5 Å². The number of carbonyl (C=O) groups is 1. The summed E-state index contributed by atoms with van der Waals surface area (Å²) in [6.45, 7) is 1.69. The van der Waals surface area contributed by atoms with Crippen LogP contribution in [0.4, 0.5) is 0 Å². The Balaban J connectivity index is 1.59. The number of hydrogen-bond acceptors (Lipinski definition) is 6. The SMILES string of the molecule is Cc1c(C(=O)OCc2ccccc2)c(C#N)c2oc3ccc4c(c3c3c5c(ccc3oc2c1C#N)CCCC5)CCCC4. The fourth-order valence-electron chi connectivity index (χ4n) is 6.86. The molecule has 0 saturated carbocycles. The molecule has 5 aromatic rings. The highest BCUT2D eigenvalue weighted by atomic mass is 16.5. The molecule has 212 valence electrons. The maximum atomic E-state index is 13.5. The zero-order valence-electron chi connectivity index (χ0n) is 24.1. The van der Waals surface area contributed by atoms with Crippen molar-refractivity contribution >= 4 is 39.1 Å². The molecular formula is C37H30N2O4. The van der Waals surface area contributed by atoms with Crippen LogP contribution in [0.25, 0.3) is 33.1 Å². The molecule has 43 heavy (non-hydrogen) atoms. The van der Waals surface area contributed by atoms with Crippen molar-refractivity contribution in [3.05, 3.63) is 105 Å². The first-order valence-electron chi connectivity index (χ1n) is 15.0. The molecule has 0 bridgehead atoms. The number of ether oxygens (including phenoxy) is 1. The normalized spacial score (nSPS) is 14.0. The van der Waals surface area contributed by atoms with Crippen molar-refractivity contribution in [2.24, 2.45) is 0 Å². The first-order chi connectivity index (χ1) is 21.1. The van der Waals surface area contributed by atoms with Crippen LogP contribution >= 0.6 is 0 Å². The molecule has 0 atom stereocenters. The fraction of sp³-hybridized carbons (Fsp3) is 0.270. The first-order valence-corrected chi connectivity index (χ1v) is 15.0. The third-order valence-corrected chi connectivity index (χ3v) is 8.96. The Kier molecular flexibility index (Phi) is 6.84. The zero-order chi connectivity index (χ0) is 29.5. The smallest absolute Gasteiger partial charge is 0.340 e. The van der Waals surface area contributed by atoms with Crippen molar-refractivity contribution < 1.29 is 18.4 Å². The van der Waals surface area contributed by atoms with Gasteiger partial charge in [-0.3, -0.25) is 0 Å². The molecule has 0 fully saturated rings. The lowest BCUT2D eigenvalue weighted by molar-refractivity contribution is 0.0471. The fourth-order valence-corrected chi connectivity index (χ4v) is 6.86. The van der Waals surface area contributed by atoms with Crippen LogP contribution in [0.3, 0.4) is 0 Å². The number of nitriles is 2. The van der Waals surface area contributed by atoms with E-state index in [0.717, 1.165) is 67.7 Å². The number of rotatable bonds is 3. The third-order valence-electron chi connectivity index (χ3n) is 8.96. The first kappa shape index (κ1) is 26.8. The van der Waals surface area contributed by atoms with Gasteiger partial charge in [-0.25, -0.2) is 4.79 Å². The van der Waals surface area contributed by atoms with E-state index in [0.29, 0.717) is 16.7 Å². The summed E-state index contributed by atoms with van der Waals surface area (Å²) in [5, 5.41) is 22.9. The second-order valence-corrected chi connectivity index (χ2v) is 11.5. The summed E-state index contributed by atoms with van der Waals surface area (Å²) in [6, 6.07) is 22.0. The van der Waals surface area contributed by atoms with Gasteiger partial charge in [0.05, 0.1) is 5.56 Å². The van der Waals surface area contributed by atoms with Gasteiger partial charge < -0.3 is 13.6 Å². The molecule has 6 nitrogen and oxygen atoms in total. The molecule has 0 aliphatic heterocycles. The average Bonchev–Trinajstić information content (AvgIpc) is 3.04. The number of nitrogens with zero attached hydrogens (tertiary/aromatic N) is 2. The summed E-state index contributed by atoms with van der Waals surface area (Å²) < 4.78 is 19.0. The summed E-state index contributed by atoms with van der Waals surface area (Å²) in [6.07, 6.45) is 8.37. The molecule has 4 aromatic carbocycles. The Labute approximate surface area is 249 Å². The number of hydrogen-bond donors (Lipinski definition) is 0. The number of fused-ring (bicyclic) bond motifs is 8. The molecule has 1 aromatic heterocycles. The van der Waals surface area contributed by atoms with E-state index >= 15 is 0 Å². The molecule has 2 aliphatic carbocycles. The molecule has 0 amide bonds. The van der Waals surface area contributed by atoms with Gasteiger partial charge in [-0.05, 0) is 104 Å². The van der Waals surface area contributed by atoms with E-state index in [4.69, 9.17) is 13.6 Å². The standard InChI is InChI=1S/C37H30N2O4/c1-22-28(19-38)35-36(29(20-39)32(22)37(40)41-21-23-9-3-2-4-10-23)43-31-18-16-25-12-6-8-14-27(25)34(31)33-26-13-7-5-11-24(26)15-17-30(33)42-35/h2-4,9-10,15-18H,5-8,11-14,21H2,1H3. The van der Waals surface area contributed by atoms with Crippen molar-refractivity contribution in [3.8, 4) is 12.1 Å². The minimum atomic E-state index is -0.692. The zero-order valence-corrected chi connectivity index (χ0v) is 24.1. The third kappa shape index (κ3) is 4.51. The monoisotopic (exact) mass is 566 g/mol. The Bertz CT molecular complexity index is 2090. The van der Waals surface area contributed by atoms with Crippen molar-refractivity contribution in [2.75, 3.05) is 0 Å². The lowest BCUT2D eigenvalue weighted by Crippen LogP contribution is -2.11.